The van der Waals surface area contributed by atoms with Crippen molar-refractivity contribution in [3.05, 3.63) is 60.4 Å². The Kier molecular flexibility index (Phi) is 4.99. The van der Waals surface area contributed by atoms with Gasteiger partial charge in [0.05, 0.1) is 14.2 Å². The smallest absolute Gasteiger partial charge is 0.136 e. The van der Waals surface area contributed by atoms with Crippen LogP contribution in [0.3, 0.4) is 0 Å². The molecule has 0 saturated heterocycles. The largest absolute Gasteiger partial charge is 0.497 e. The maximum absolute atomic E-state index is 5.24. The highest BCUT2D eigenvalue weighted by Crippen LogP contribution is 2.24. The Bertz CT molecular complexity index is 800. The lowest BCUT2D eigenvalue weighted by molar-refractivity contribution is 0.415. The van der Waals surface area contributed by atoms with E-state index in [1.807, 2.05) is 61.5 Å². The normalized spacial score (nSPS) is 10.2. The van der Waals surface area contributed by atoms with Gasteiger partial charge in [-0.2, -0.15) is 0 Å². The Morgan fingerprint density at radius 2 is 1.20 bits per heavy atom. The molecule has 0 radical (unpaired) electrons. The summed E-state index contributed by atoms with van der Waals surface area (Å²) in [7, 11) is 3.29. The van der Waals surface area contributed by atoms with Crippen LogP contribution in [0.2, 0.25) is 0 Å². The molecule has 6 heteroatoms. The first-order valence-electron chi connectivity index (χ1n) is 7.84. The fourth-order valence-corrected chi connectivity index (χ4v) is 2.39. The van der Waals surface area contributed by atoms with E-state index in [1.54, 1.807) is 14.2 Å². The molecule has 128 valence electrons. The minimum atomic E-state index is 0.665. The van der Waals surface area contributed by atoms with Crippen molar-refractivity contribution in [3.63, 3.8) is 0 Å². The van der Waals surface area contributed by atoms with Crippen LogP contribution in [0.15, 0.2) is 54.6 Å². The molecule has 0 aliphatic carbocycles. The number of ether oxygens (including phenoxy) is 2. The Morgan fingerprint density at radius 3 is 1.64 bits per heavy atom. The molecule has 0 fully saturated rings. The number of aryl methyl sites for hydroxylation is 1. The maximum atomic E-state index is 5.24. The van der Waals surface area contributed by atoms with E-state index in [2.05, 4.69) is 20.6 Å². The lowest BCUT2D eigenvalue weighted by Crippen LogP contribution is -2.01. The summed E-state index contributed by atoms with van der Waals surface area (Å²) < 4.78 is 10.5. The Hall–Kier alpha value is -3.28. The summed E-state index contributed by atoms with van der Waals surface area (Å²) in [5.41, 5.74) is 1.79. The van der Waals surface area contributed by atoms with Gasteiger partial charge in [0.15, 0.2) is 0 Å². The third kappa shape index (κ3) is 4.38. The number of methoxy groups -OCH3 is 2. The summed E-state index contributed by atoms with van der Waals surface area (Å²) in [6.07, 6.45) is 0. The van der Waals surface area contributed by atoms with Gasteiger partial charge in [0.2, 0.25) is 0 Å². The van der Waals surface area contributed by atoms with Gasteiger partial charge in [0.25, 0.3) is 0 Å². The standard InChI is InChI=1S/C19H20N4O2/c1-13-20-18(22-14-6-4-8-16(10-14)24-2)12-19(21-13)23-15-7-5-9-17(11-15)25-3/h4-12H,1-3H3,(H2,20,21,22,23). The molecule has 2 aromatic carbocycles. The molecule has 1 aromatic heterocycles. The molecule has 3 rings (SSSR count). The molecule has 0 spiro atoms. The zero-order chi connectivity index (χ0) is 17.6. The first-order chi connectivity index (χ1) is 12.2. The zero-order valence-corrected chi connectivity index (χ0v) is 14.4. The first kappa shape index (κ1) is 16.6. The van der Waals surface area contributed by atoms with Gasteiger partial charge < -0.3 is 20.1 Å². The van der Waals surface area contributed by atoms with Crippen molar-refractivity contribution in [2.45, 2.75) is 6.92 Å². The van der Waals surface area contributed by atoms with Gasteiger partial charge in [-0.05, 0) is 31.2 Å². The number of aromatic nitrogens is 2. The summed E-state index contributed by atoms with van der Waals surface area (Å²) in [6, 6.07) is 17.2. The van der Waals surface area contributed by atoms with E-state index in [9.17, 15) is 0 Å². The van der Waals surface area contributed by atoms with Crippen molar-refractivity contribution >= 4 is 23.0 Å². The fourth-order valence-electron chi connectivity index (χ4n) is 2.39. The number of hydrogen-bond acceptors (Lipinski definition) is 6. The average molecular weight is 336 g/mol. The van der Waals surface area contributed by atoms with Gasteiger partial charge in [-0.15, -0.1) is 0 Å². The molecule has 0 amide bonds. The minimum absolute atomic E-state index is 0.665. The molecule has 6 nitrogen and oxygen atoms in total. The van der Waals surface area contributed by atoms with Crippen LogP contribution >= 0.6 is 0 Å². The van der Waals surface area contributed by atoms with E-state index >= 15 is 0 Å². The number of nitrogens with zero attached hydrogens (tertiary/aromatic N) is 2. The highest BCUT2D eigenvalue weighted by Gasteiger charge is 2.05. The zero-order valence-electron chi connectivity index (χ0n) is 14.4. The van der Waals surface area contributed by atoms with Gasteiger partial charge in [-0.3, -0.25) is 0 Å². The number of benzene rings is 2. The molecule has 2 N–H and O–H groups in total. The van der Waals surface area contributed by atoms with Gasteiger partial charge >= 0.3 is 0 Å². The van der Waals surface area contributed by atoms with Crippen LogP contribution in [0, 0.1) is 6.92 Å². The quantitative estimate of drug-likeness (QED) is 0.700. The van der Waals surface area contributed by atoms with Crippen LogP contribution in [0.5, 0.6) is 11.5 Å². The van der Waals surface area contributed by atoms with Gasteiger partial charge in [0.1, 0.15) is 29.0 Å². The molecule has 25 heavy (non-hydrogen) atoms. The average Bonchev–Trinajstić information content (AvgIpc) is 2.61. The van der Waals surface area contributed by atoms with E-state index in [4.69, 9.17) is 9.47 Å². The van der Waals surface area contributed by atoms with Crippen molar-refractivity contribution in [2.75, 3.05) is 24.9 Å². The summed E-state index contributed by atoms with van der Waals surface area (Å²) in [6.45, 7) is 1.85. The number of rotatable bonds is 6. The predicted molar refractivity (Wildman–Crippen MR) is 99.3 cm³/mol. The SMILES string of the molecule is COc1cccc(Nc2cc(Nc3cccc(OC)c3)nc(C)n2)c1. The molecule has 3 aromatic rings. The van der Waals surface area contributed by atoms with Crippen molar-refractivity contribution in [2.24, 2.45) is 0 Å². The molecule has 0 saturated carbocycles. The Morgan fingerprint density at radius 1 is 0.720 bits per heavy atom. The molecule has 0 bridgehead atoms. The van der Waals surface area contributed by atoms with E-state index in [-0.39, 0.29) is 0 Å². The van der Waals surface area contributed by atoms with Crippen LogP contribution in [0.4, 0.5) is 23.0 Å². The third-order valence-electron chi connectivity index (χ3n) is 3.52. The van der Waals surface area contributed by atoms with Gasteiger partial charge in [0, 0.05) is 29.6 Å². The van der Waals surface area contributed by atoms with E-state index in [0.29, 0.717) is 17.5 Å². The second-order valence-electron chi connectivity index (χ2n) is 5.40. The van der Waals surface area contributed by atoms with E-state index in [0.717, 1.165) is 22.9 Å². The molecular weight excluding hydrogens is 316 g/mol. The summed E-state index contributed by atoms with van der Waals surface area (Å²) in [4.78, 5) is 8.86. The second-order valence-corrected chi connectivity index (χ2v) is 5.40. The Balaban J connectivity index is 1.82. The molecule has 1 heterocycles. The molecule has 0 aliphatic heterocycles. The summed E-state index contributed by atoms with van der Waals surface area (Å²) in [5, 5.41) is 6.54. The molecule has 0 unspecified atom stereocenters. The van der Waals surface area contributed by atoms with Crippen molar-refractivity contribution in [1.29, 1.82) is 0 Å². The molecule has 0 aliphatic rings. The maximum Gasteiger partial charge on any atom is 0.136 e. The monoisotopic (exact) mass is 336 g/mol. The number of anilines is 4. The van der Waals surface area contributed by atoms with E-state index in [1.165, 1.54) is 0 Å². The predicted octanol–water partition coefficient (Wildman–Crippen LogP) is 4.29. The highest BCUT2D eigenvalue weighted by atomic mass is 16.5. The van der Waals surface area contributed by atoms with Crippen LogP contribution in [-0.2, 0) is 0 Å². The topological polar surface area (TPSA) is 68.3 Å². The number of nitrogens with one attached hydrogen (secondary N) is 2. The van der Waals surface area contributed by atoms with Crippen molar-refractivity contribution in [1.82, 2.24) is 9.97 Å². The van der Waals surface area contributed by atoms with Crippen molar-refractivity contribution in [3.8, 4) is 11.5 Å². The summed E-state index contributed by atoms with van der Waals surface area (Å²) in [5.74, 6) is 3.63. The molecular formula is C19H20N4O2. The van der Waals surface area contributed by atoms with Crippen LogP contribution in [0.1, 0.15) is 5.82 Å². The van der Waals surface area contributed by atoms with Gasteiger partial charge in [-0.1, -0.05) is 12.1 Å². The second kappa shape index (κ2) is 7.53. The molecule has 0 atom stereocenters. The number of hydrogen-bond donors (Lipinski definition) is 2. The van der Waals surface area contributed by atoms with Crippen LogP contribution in [0.25, 0.3) is 0 Å². The summed E-state index contributed by atoms with van der Waals surface area (Å²) >= 11 is 0. The van der Waals surface area contributed by atoms with Crippen LogP contribution < -0.4 is 20.1 Å². The minimum Gasteiger partial charge on any atom is -0.497 e. The fraction of sp³-hybridized carbons (Fsp3) is 0.158. The van der Waals surface area contributed by atoms with Crippen LogP contribution in [-0.4, -0.2) is 24.2 Å². The lowest BCUT2D eigenvalue weighted by Gasteiger charge is -2.11. The first-order valence-corrected chi connectivity index (χ1v) is 7.84. The third-order valence-corrected chi connectivity index (χ3v) is 3.52. The van der Waals surface area contributed by atoms with E-state index < -0.39 is 0 Å². The highest BCUT2D eigenvalue weighted by molar-refractivity contribution is 5.64. The lowest BCUT2D eigenvalue weighted by atomic mass is 10.3. The van der Waals surface area contributed by atoms with Gasteiger partial charge in [-0.25, -0.2) is 9.97 Å². The Labute approximate surface area is 146 Å². The van der Waals surface area contributed by atoms with Crippen molar-refractivity contribution < 1.29 is 9.47 Å².